The molecule has 0 spiro atoms. The van der Waals surface area contributed by atoms with Crippen LogP contribution < -0.4 is 16.0 Å². The molecule has 1 unspecified atom stereocenters. The Kier molecular flexibility index (Phi) is 10.4. The van der Waals surface area contributed by atoms with Crippen LogP contribution in [0.15, 0.2) is 48.9 Å². The van der Waals surface area contributed by atoms with E-state index >= 15 is 0 Å². The van der Waals surface area contributed by atoms with E-state index in [0.29, 0.717) is 55.1 Å². The fourth-order valence-corrected chi connectivity index (χ4v) is 5.41. The Morgan fingerprint density at radius 3 is 2.77 bits per heavy atom. The molecule has 0 aliphatic heterocycles. The lowest BCUT2D eigenvalue weighted by atomic mass is 9.87. The summed E-state index contributed by atoms with van der Waals surface area (Å²) in [6.45, 7) is 6.92. The van der Waals surface area contributed by atoms with Crippen LogP contribution in [0.5, 0.6) is 0 Å². The summed E-state index contributed by atoms with van der Waals surface area (Å²) in [6, 6.07) is 9.77. The number of nitrogens with one attached hydrogen (secondary N) is 3. The minimum atomic E-state index is -0.551. The molecule has 1 heterocycles. The highest BCUT2D eigenvalue weighted by molar-refractivity contribution is 5.94. The van der Waals surface area contributed by atoms with Crippen molar-refractivity contribution in [3.63, 3.8) is 0 Å². The van der Waals surface area contributed by atoms with E-state index in [1.807, 2.05) is 35.8 Å². The van der Waals surface area contributed by atoms with E-state index in [0.717, 1.165) is 30.2 Å². The molecule has 1 aromatic heterocycles. The molecule has 0 saturated carbocycles. The minimum absolute atomic E-state index is 0.00833. The molecule has 0 bridgehead atoms. The lowest BCUT2D eigenvalue weighted by molar-refractivity contribution is -0.118. The predicted octanol–water partition coefficient (Wildman–Crippen LogP) is 4.90. The van der Waals surface area contributed by atoms with E-state index in [1.165, 1.54) is 6.07 Å². The number of imidazole rings is 1. The van der Waals surface area contributed by atoms with Crippen LogP contribution in [-0.4, -0.2) is 45.3 Å². The number of amides is 1. The van der Waals surface area contributed by atoms with Gasteiger partial charge in [0.1, 0.15) is 18.0 Å². The maximum Gasteiger partial charge on any atom is 0.242 e. The number of aliphatic hydroxyl groups is 1. The molecule has 0 fully saturated rings. The molecule has 216 valence electrons. The number of halogens is 2. The van der Waals surface area contributed by atoms with Crippen molar-refractivity contribution < 1.29 is 18.7 Å². The Balaban J connectivity index is 1.41. The number of aliphatic hydroxyl groups excluding tert-OH is 1. The summed E-state index contributed by atoms with van der Waals surface area (Å²) in [5.74, 6) is -0.469. The number of carbonyl (C=O) groups is 1. The zero-order valence-corrected chi connectivity index (χ0v) is 23.6. The molecule has 1 aliphatic carbocycles. The lowest BCUT2D eigenvalue weighted by Gasteiger charge is -2.29. The number of aromatic nitrogens is 2. The van der Waals surface area contributed by atoms with Gasteiger partial charge in [-0.15, -0.1) is 0 Å². The van der Waals surface area contributed by atoms with Gasteiger partial charge in [0, 0.05) is 24.7 Å². The average Bonchev–Trinajstić information content (AvgIpc) is 3.41. The summed E-state index contributed by atoms with van der Waals surface area (Å²) in [5.41, 5.74) is 3.23. The van der Waals surface area contributed by atoms with Gasteiger partial charge >= 0.3 is 0 Å². The van der Waals surface area contributed by atoms with Crippen LogP contribution in [0.1, 0.15) is 63.1 Å². The van der Waals surface area contributed by atoms with Crippen LogP contribution in [0.2, 0.25) is 0 Å². The standard InChI is InChI=1S/C31H41F2N5O2/c1-4-8-27(36-24-12-11-21-13-23(32)14-26(33)25(21)15-24)31(40)37-30-17-38(19-35-30)29-10-7-6-9-22(29)16-34-28(18-39)20(3)5-2/h6-7,9-10,13-14,17,19-20,24,27-28,34,36,39H,4-5,8,11-12,15-16,18H2,1-3H3,(H,37,40)/t20-,24-,27?,28+/m0/s1. The number of benzene rings is 2. The highest BCUT2D eigenvalue weighted by Gasteiger charge is 2.27. The van der Waals surface area contributed by atoms with Gasteiger partial charge in [-0.3, -0.25) is 4.79 Å². The molecule has 0 radical (unpaired) electrons. The number of hydrogen-bond donors (Lipinski definition) is 4. The first-order valence-corrected chi connectivity index (χ1v) is 14.3. The van der Waals surface area contributed by atoms with Crippen molar-refractivity contribution in [3.05, 3.63) is 77.2 Å². The monoisotopic (exact) mass is 553 g/mol. The first-order chi connectivity index (χ1) is 19.3. The van der Waals surface area contributed by atoms with E-state index in [2.05, 4.69) is 34.8 Å². The molecule has 7 nitrogen and oxygen atoms in total. The fraction of sp³-hybridized carbons (Fsp3) is 0.484. The van der Waals surface area contributed by atoms with E-state index in [-0.39, 0.29) is 24.6 Å². The van der Waals surface area contributed by atoms with Gasteiger partial charge in [0.05, 0.1) is 24.5 Å². The second-order valence-electron chi connectivity index (χ2n) is 10.8. The maximum absolute atomic E-state index is 14.4. The van der Waals surface area contributed by atoms with Crippen molar-refractivity contribution in [1.82, 2.24) is 20.2 Å². The molecular weight excluding hydrogens is 512 g/mol. The van der Waals surface area contributed by atoms with Crippen molar-refractivity contribution in [2.75, 3.05) is 11.9 Å². The molecular formula is C31H41F2N5O2. The Bertz CT molecular complexity index is 1280. The molecule has 1 amide bonds. The normalized spacial score (nSPS) is 17.2. The number of rotatable bonds is 13. The van der Waals surface area contributed by atoms with Crippen LogP contribution in [0.4, 0.5) is 14.6 Å². The van der Waals surface area contributed by atoms with Crippen LogP contribution in [0, 0.1) is 17.6 Å². The van der Waals surface area contributed by atoms with E-state index < -0.39 is 17.7 Å². The van der Waals surface area contributed by atoms with Crippen molar-refractivity contribution in [1.29, 1.82) is 0 Å². The Hall–Kier alpha value is -3.14. The van der Waals surface area contributed by atoms with Gasteiger partial charge in [-0.1, -0.05) is 51.8 Å². The third-order valence-corrected chi connectivity index (χ3v) is 7.98. The number of carbonyl (C=O) groups excluding carboxylic acids is 1. The summed E-state index contributed by atoms with van der Waals surface area (Å²) >= 11 is 0. The summed E-state index contributed by atoms with van der Waals surface area (Å²) in [5, 5.41) is 19.6. The lowest BCUT2D eigenvalue weighted by Crippen LogP contribution is -2.48. The topological polar surface area (TPSA) is 91.2 Å². The number of aryl methyl sites for hydroxylation is 1. The maximum atomic E-state index is 14.4. The van der Waals surface area contributed by atoms with E-state index in [1.54, 1.807) is 12.5 Å². The van der Waals surface area contributed by atoms with Gasteiger partial charge in [0.25, 0.3) is 0 Å². The second kappa shape index (κ2) is 14.0. The zero-order valence-electron chi connectivity index (χ0n) is 23.6. The van der Waals surface area contributed by atoms with Crippen LogP contribution in [0.3, 0.4) is 0 Å². The highest BCUT2D eigenvalue weighted by atomic mass is 19.1. The third kappa shape index (κ3) is 7.33. The van der Waals surface area contributed by atoms with Gasteiger partial charge in [0.15, 0.2) is 5.82 Å². The first-order valence-electron chi connectivity index (χ1n) is 14.3. The predicted molar refractivity (Wildman–Crippen MR) is 153 cm³/mol. The summed E-state index contributed by atoms with van der Waals surface area (Å²) in [6.07, 6.45) is 7.56. The largest absolute Gasteiger partial charge is 0.395 e. The van der Waals surface area contributed by atoms with Gasteiger partial charge in [-0.25, -0.2) is 13.8 Å². The highest BCUT2D eigenvalue weighted by Crippen LogP contribution is 2.26. The SMILES string of the molecule is CCCC(N[C@H]1CCc2cc(F)cc(F)c2C1)C(=O)Nc1cn(-c2ccccc2CN[C@H](CO)[C@@H](C)CC)cn1. The second-order valence-corrected chi connectivity index (χ2v) is 10.8. The van der Waals surface area contributed by atoms with Gasteiger partial charge in [0.2, 0.25) is 5.91 Å². The van der Waals surface area contributed by atoms with Gasteiger partial charge in [-0.05, 0) is 60.4 Å². The van der Waals surface area contributed by atoms with E-state index in [4.69, 9.17) is 0 Å². The number of fused-ring (bicyclic) bond motifs is 1. The Labute approximate surface area is 235 Å². The van der Waals surface area contributed by atoms with Crippen molar-refractivity contribution in [2.24, 2.45) is 5.92 Å². The van der Waals surface area contributed by atoms with Crippen LogP contribution in [0.25, 0.3) is 5.69 Å². The molecule has 3 aromatic rings. The van der Waals surface area contributed by atoms with Crippen molar-refractivity contribution >= 4 is 11.7 Å². The fourth-order valence-electron chi connectivity index (χ4n) is 5.41. The molecule has 4 rings (SSSR count). The van der Waals surface area contributed by atoms with Crippen molar-refractivity contribution in [2.45, 2.75) is 84.0 Å². The number of nitrogens with zero attached hydrogens (tertiary/aromatic N) is 2. The molecule has 0 saturated heterocycles. The quantitative estimate of drug-likeness (QED) is 0.242. The molecule has 40 heavy (non-hydrogen) atoms. The molecule has 2 aromatic carbocycles. The molecule has 9 heteroatoms. The summed E-state index contributed by atoms with van der Waals surface area (Å²) in [7, 11) is 0. The van der Waals surface area contributed by atoms with E-state index in [9.17, 15) is 18.7 Å². The van der Waals surface area contributed by atoms with Crippen LogP contribution in [-0.2, 0) is 24.2 Å². The third-order valence-electron chi connectivity index (χ3n) is 7.98. The molecule has 1 aliphatic rings. The first kappa shape index (κ1) is 29.8. The average molecular weight is 554 g/mol. The zero-order chi connectivity index (χ0) is 28.6. The Morgan fingerprint density at radius 2 is 2.02 bits per heavy atom. The summed E-state index contributed by atoms with van der Waals surface area (Å²) in [4.78, 5) is 17.7. The summed E-state index contributed by atoms with van der Waals surface area (Å²) < 4.78 is 29.9. The van der Waals surface area contributed by atoms with Gasteiger partial charge in [-0.2, -0.15) is 0 Å². The molecule has 4 N–H and O–H groups in total. The number of hydrogen-bond acceptors (Lipinski definition) is 5. The number of anilines is 1. The van der Waals surface area contributed by atoms with Gasteiger partial charge < -0.3 is 25.6 Å². The smallest absolute Gasteiger partial charge is 0.242 e. The number of para-hydroxylation sites is 1. The Morgan fingerprint density at radius 1 is 1.23 bits per heavy atom. The van der Waals surface area contributed by atoms with Crippen molar-refractivity contribution in [3.8, 4) is 5.69 Å². The minimum Gasteiger partial charge on any atom is -0.395 e. The van der Waals surface area contributed by atoms with Crippen LogP contribution >= 0.6 is 0 Å². The molecule has 4 atom stereocenters.